The molecular formula is C41H59N4O4S+. The molecule has 0 spiro atoms. The van der Waals surface area contributed by atoms with E-state index >= 15 is 0 Å². The normalized spacial score (nSPS) is 12.7. The van der Waals surface area contributed by atoms with E-state index < -0.39 is 4.16 Å². The first-order chi connectivity index (χ1) is 23.8. The van der Waals surface area contributed by atoms with Crippen molar-refractivity contribution in [2.45, 2.75) is 93.9 Å². The van der Waals surface area contributed by atoms with Gasteiger partial charge in [-0.2, -0.15) is 15.9 Å². The molecule has 3 aromatic carbocycles. The summed E-state index contributed by atoms with van der Waals surface area (Å²) in [5.41, 5.74) is 11.4. The zero-order valence-corrected chi connectivity index (χ0v) is 32.9. The van der Waals surface area contributed by atoms with Gasteiger partial charge in [0.05, 0.1) is 12.2 Å². The van der Waals surface area contributed by atoms with Gasteiger partial charge in [-0.1, -0.05) is 104 Å². The number of nitriles is 1. The largest absolute Gasteiger partial charge is 0.490 e. The highest BCUT2D eigenvalue weighted by molar-refractivity contribution is 7.74. The third-order valence-corrected chi connectivity index (χ3v) is 8.09. The lowest BCUT2D eigenvalue weighted by Gasteiger charge is -2.28. The second kappa shape index (κ2) is 22.0. The Kier molecular flexibility index (Phi) is 19.4. The minimum Gasteiger partial charge on any atom is -0.490 e. The molecule has 0 fully saturated rings. The number of carbonyl (C=O) groups is 1. The summed E-state index contributed by atoms with van der Waals surface area (Å²) >= 11 is 4.13. The maximum atomic E-state index is 10.5. The molecule has 1 unspecified atom stereocenters. The average molecular weight is 704 g/mol. The summed E-state index contributed by atoms with van der Waals surface area (Å²) in [7, 11) is 1.51. The van der Waals surface area contributed by atoms with Crippen LogP contribution in [0, 0.1) is 18.3 Å². The standard InChI is InChI=1S/C37H47N4O4S.2C2H6/c1-8-10-30-22-34(23-31(24-38)35(30)45-20-19-44-18-17-42)37(5,6)33-15-13-28(14-16-33)29-12-11-27(4)32(21-29)25-39-36(26(3)9-2)40-41(7,43)46;2*1-2/h11-17,21-23,25,40,43,46H,8-10,18-20H2,1-7H3;2*1-2H3/q+1;;/b36-26?,39-25-;;. The van der Waals surface area contributed by atoms with Crippen molar-refractivity contribution >= 4 is 25.3 Å². The van der Waals surface area contributed by atoms with Crippen LogP contribution in [0.2, 0.25) is 0 Å². The number of thiol groups is 1. The van der Waals surface area contributed by atoms with Crippen LogP contribution in [0.25, 0.3) is 11.1 Å². The van der Waals surface area contributed by atoms with Gasteiger partial charge in [-0.25, -0.2) is 4.99 Å². The summed E-state index contributed by atoms with van der Waals surface area (Å²) in [6, 6.07) is 21.2. The number of rotatable bonds is 16. The molecule has 0 amide bonds. The molecule has 2 N–H and O–H groups in total. The predicted octanol–water partition coefficient (Wildman–Crippen LogP) is 9.70. The molecule has 0 saturated carbocycles. The Labute approximate surface area is 306 Å². The number of hydroxylamine groups is 1. The van der Waals surface area contributed by atoms with Crippen molar-refractivity contribution < 1.29 is 23.6 Å². The van der Waals surface area contributed by atoms with Crippen LogP contribution >= 0.6 is 12.8 Å². The van der Waals surface area contributed by atoms with Gasteiger partial charge < -0.3 is 14.3 Å². The van der Waals surface area contributed by atoms with Gasteiger partial charge in [-0.15, -0.1) is 0 Å². The van der Waals surface area contributed by atoms with E-state index in [9.17, 15) is 15.3 Å². The summed E-state index contributed by atoms with van der Waals surface area (Å²) in [6.07, 6.45) is 4.99. The Hall–Kier alpha value is -3.94. The number of hydrogen-bond acceptors (Lipinski definition) is 8. The van der Waals surface area contributed by atoms with Crippen molar-refractivity contribution in [2.24, 2.45) is 4.99 Å². The second-order valence-corrected chi connectivity index (χ2v) is 12.8. The topological polar surface area (TPSA) is 104 Å². The number of allylic oxidation sites excluding steroid dienone is 1. The maximum Gasteiger partial charge on any atom is 0.177 e. The first kappa shape index (κ1) is 44.1. The fourth-order valence-electron chi connectivity index (χ4n) is 5.03. The number of hydrogen-bond donors (Lipinski definition) is 3. The number of aldehydes is 1. The fraction of sp³-hybridized carbons (Fsp3) is 0.439. The van der Waals surface area contributed by atoms with Crippen LogP contribution in [-0.2, 0) is 21.4 Å². The van der Waals surface area contributed by atoms with Crippen molar-refractivity contribution in [2.75, 3.05) is 26.9 Å². The van der Waals surface area contributed by atoms with Crippen LogP contribution in [0.1, 0.15) is 109 Å². The number of ether oxygens (including phenoxy) is 2. The van der Waals surface area contributed by atoms with Crippen molar-refractivity contribution in [3.05, 3.63) is 99.4 Å². The SMILES string of the molecule is CC.CC.CCCc1cc(C(C)(C)c2ccc(-c3ccc(C)c(/C=N\C(N[N+](C)(O)S)=C(C)CC)c3)cc2)cc(C#N)c1OCCOCC=O. The highest BCUT2D eigenvalue weighted by atomic mass is 32.1. The smallest absolute Gasteiger partial charge is 0.177 e. The van der Waals surface area contributed by atoms with Gasteiger partial charge in [0.15, 0.2) is 5.82 Å². The molecule has 1 atom stereocenters. The number of quaternary nitrogens is 1. The Morgan fingerprint density at radius 2 is 1.66 bits per heavy atom. The summed E-state index contributed by atoms with van der Waals surface area (Å²) in [5, 5.41) is 20.1. The van der Waals surface area contributed by atoms with Gasteiger partial charge in [0.25, 0.3) is 0 Å². The van der Waals surface area contributed by atoms with Crippen LogP contribution in [0.5, 0.6) is 5.75 Å². The minimum atomic E-state index is -0.722. The van der Waals surface area contributed by atoms with Crippen molar-refractivity contribution in [1.29, 1.82) is 5.26 Å². The first-order valence-electron chi connectivity index (χ1n) is 17.6. The number of benzene rings is 3. The van der Waals surface area contributed by atoms with E-state index in [4.69, 9.17) is 9.47 Å². The number of aryl methyl sites for hydroxylation is 2. The molecule has 0 heterocycles. The second-order valence-electron chi connectivity index (χ2n) is 12.0. The molecule has 3 rings (SSSR count). The molecule has 0 aliphatic rings. The molecule has 0 aromatic heterocycles. The van der Waals surface area contributed by atoms with E-state index in [0.717, 1.165) is 63.8 Å². The third kappa shape index (κ3) is 13.1. The summed E-state index contributed by atoms with van der Waals surface area (Å²) in [5.74, 6) is 1.16. The van der Waals surface area contributed by atoms with Crippen LogP contribution in [0.4, 0.5) is 0 Å². The van der Waals surface area contributed by atoms with E-state index in [1.807, 2.05) is 60.7 Å². The molecule has 8 nitrogen and oxygen atoms in total. The minimum absolute atomic E-state index is 0.0254. The van der Waals surface area contributed by atoms with Crippen LogP contribution in [-0.4, -0.2) is 48.7 Å². The van der Waals surface area contributed by atoms with Crippen molar-refractivity contribution in [3.63, 3.8) is 0 Å². The van der Waals surface area contributed by atoms with Gasteiger partial charge in [0.1, 0.15) is 51.2 Å². The summed E-state index contributed by atoms with van der Waals surface area (Å²) in [6.45, 7) is 21.1. The lowest BCUT2D eigenvalue weighted by Crippen LogP contribution is -2.43. The Morgan fingerprint density at radius 1 is 1.02 bits per heavy atom. The molecule has 0 bridgehead atoms. The zero-order chi connectivity index (χ0) is 37.9. The molecule has 0 aliphatic carbocycles. The quantitative estimate of drug-likeness (QED) is 0.0343. The van der Waals surface area contributed by atoms with E-state index in [1.54, 1.807) is 0 Å². The van der Waals surface area contributed by atoms with Gasteiger partial charge in [-0.05, 0) is 87.5 Å². The molecule has 9 heteroatoms. The van der Waals surface area contributed by atoms with Gasteiger partial charge in [0, 0.05) is 11.6 Å². The highest BCUT2D eigenvalue weighted by Crippen LogP contribution is 2.37. The molecule has 0 radical (unpaired) electrons. The highest BCUT2D eigenvalue weighted by Gasteiger charge is 2.26. The Balaban J connectivity index is 0.00000301. The van der Waals surface area contributed by atoms with Crippen molar-refractivity contribution in [3.8, 4) is 22.9 Å². The summed E-state index contributed by atoms with van der Waals surface area (Å²) < 4.78 is 10.5. The molecule has 272 valence electrons. The Bertz CT molecular complexity index is 1600. The van der Waals surface area contributed by atoms with Gasteiger partial charge in [-0.3, -0.25) is 0 Å². The van der Waals surface area contributed by atoms with E-state index in [0.29, 0.717) is 23.4 Å². The summed E-state index contributed by atoms with van der Waals surface area (Å²) in [4.78, 5) is 15.2. The fourth-order valence-corrected chi connectivity index (χ4v) is 5.13. The third-order valence-electron chi connectivity index (χ3n) is 7.99. The monoisotopic (exact) mass is 703 g/mol. The van der Waals surface area contributed by atoms with Crippen LogP contribution < -0.4 is 10.2 Å². The zero-order valence-electron chi connectivity index (χ0n) is 32.1. The van der Waals surface area contributed by atoms with Crippen LogP contribution in [0.3, 0.4) is 0 Å². The molecule has 50 heavy (non-hydrogen) atoms. The van der Waals surface area contributed by atoms with E-state index in [1.165, 1.54) is 7.05 Å². The lowest BCUT2D eigenvalue weighted by atomic mass is 9.76. The van der Waals surface area contributed by atoms with E-state index in [2.05, 4.69) is 98.6 Å². The molecule has 0 saturated heterocycles. The number of nitrogens with zero attached hydrogens (tertiary/aromatic N) is 3. The lowest BCUT2D eigenvalue weighted by molar-refractivity contribution is -1.01. The Morgan fingerprint density at radius 3 is 2.22 bits per heavy atom. The van der Waals surface area contributed by atoms with Crippen molar-refractivity contribution in [1.82, 2.24) is 5.43 Å². The predicted molar refractivity (Wildman–Crippen MR) is 210 cm³/mol. The average Bonchev–Trinajstić information content (AvgIpc) is 3.11. The maximum absolute atomic E-state index is 10.5. The van der Waals surface area contributed by atoms with Gasteiger partial charge in [0.2, 0.25) is 0 Å². The van der Waals surface area contributed by atoms with E-state index in [-0.39, 0.29) is 25.2 Å². The molecule has 0 aliphatic heterocycles. The number of aliphatic imine (C=N–C) groups is 1. The molecular weight excluding hydrogens is 645 g/mol. The van der Waals surface area contributed by atoms with Gasteiger partial charge >= 0.3 is 0 Å². The molecule has 3 aromatic rings. The first-order valence-corrected chi connectivity index (χ1v) is 18.0. The van der Waals surface area contributed by atoms with Crippen LogP contribution in [0.15, 0.2) is 71.0 Å². The number of nitrogens with one attached hydrogen (secondary N) is 1. The number of carbonyl (C=O) groups excluding carboxylic acids is 1.